The van der Waals surface area contributed by atoms with E-state index in [-0.39, 0.29) is 34.5 Å². The number of nitro benzene ring substituents is 1. The number of nitrogens with zero attached hydrogens (tertiary/aromatic N) is 4. The Bertz CT molecular complexity index is 915. The summed E-state index contributed by atoms with van der Waals surface area (Å²) in [5.74, 6) is 0.182. The number of carbonyl (C=O) groups excluding carboxylic acids is 2. The van der Waals surface area contributed by atoms with Gasteiger partial charge in [-0.1, -0.05) is 16.8 Å². The highest BCUT2D eigenvalue weighted by molar-refractivity contribution is 6.33. The molecule has 2 heterocycles. The maximum Gasteiger partial charge on any atom is 0.270 e. The zero-order chi connectivity index (χ0) is 20.4. The van der Waals surface area contributed by atoms with Gasteiger partial charge in [0.15, 0.2) is 0 Å². The minimum absolute atomic E-state index is 0.0603. The van der Waals surface area contributed by atoms with Crippen molar-refractivity contribution < 1.29 is 19.0 Å². The number of rotatable bonds is 4. The molecule has 2 aromatic rings. The van der Waals surface area contributed by atoms with Gasteiger partial charge in [-0.3, -0.25) is 19.7 Å². The van der Waals surface area contributed by atoms with Gasteiger partial charge in [0.05, 0.1) is 27.6 Å². The van der Waals surface area contributed by atoms with Crippen LogP contribution in [0.25, 0.3) is 0 Å². The molecule has 0 spiro atoms. The Hall–Kier alpha value is -2.94. The van der Waals surface area contributed by atoms with Gasteiger partial charge in [-0.25, -0.2) is 0 Å². The molecular formula is C18H19ClN4O5. The number of piperazine rings is 1. The number of non-ortho nitro benzene ring substituents is 1. The van der Waals surface area contributed by atoms with Crippen LogP contribution in [0.2, 0.25) is 5.02 Å². The zero-order valence-electron chi connectivity index (χ0n) is 15.5. The molecule has 28 heavy (non-hydrogen) atoms. The van der Waals surface area contributed by atoms with E-state index < -0.39 is 4.92 Å². The van der Waals surface area contributed by atoms with E-state index in [0.717, 1.165) is 5.56 Å². The molecule has 2 amide bonds. The predicted molar refractivity (Wildman–Crippen MR) is 100 cm³/mol. The zero-order valence-corrected chi connectivity index (χ0v) is 16.2. The van der Waals surface area contributed by atoms with Crippen LogP contribution in [-0.4, -0.2) is 57.9 Å². The van der Waals surface area contributed by atoms with Crippen LogP contribution in [-0.2, 0) is 11.2 Å². The van der Waals surface area contributed by atoms with Crippen molar-refractivity contribution in [1.29, 1.82) is 0 Å². The third-order valence-corrected chi connectivity index (χ3v) is 5.15. The summed E-state index contributed by atoms with van der Waals surface area (Å²) >= 11 is 6.05. The van der Waals surface area contributed by atoms with E-state index in [2.05, 4.69) is 5.16 Å². The summed E-state index contributed by atoms with van der Waals surface area (Å²) in [5.41, 5.74) is 1.37. The normalized spacial score (nSPS) is 14.2. The molecule has 9 nitrogen and oxygen atoms in total. The first-order chi connectivity index (χ1) is 13.3. The molecule has 1 aromatic heterocycles. The van der Waals surface area contributed by atoms with Gasteiger partial charge < -0.3 is 14.3 Å². The van der Waals surface area contributed by atoms with Crippen LogP contribution in [0, 0.1) is 24.0 Å². The average Bonchev–Trinajstić information content (AvgIpc) is 2.99. The molecular weight excluding hydrogens is 388 g/mol. The Kier molecular flexibility index (Phi) is 5.64. The summed E-state index contributed by atoms with van der Waals surface area (Å²) in [6, 6.07) is 3.78. The van der Waals surface area contributed by atoms with E-state index in [9.17, 15) is 19.7 Å². The minimum atomic E-state index is -0.571. The molecule has 1 aromatic carbocycles. The van der Waals surface area contributed by atoms with E-state index in [1.807, 2.05) is 0 Å². The van der Waals surface area contributed by atoms with Crippen molar-refractivity contribution in [3.05, 3.63) is 55.9 Å². The Morgan fingerprint density at radius 1 is 1.21 bits per heavy atom. The first kappa shape index (κ1) is 19.8. The molecule has 148 valence electrons. The second kappa shape index (κ2) is 7.97. The molecule has 1 aliphatic heterocycles. The van der Waals surface area contributed by atoms with Crippen LogP contribution in [0.1, 0.15) is 27.4 Å². The number of aryl methyl sites for hydroxylation is 2. The smallest absolute Gasteiger partial charge is 0.270 e. The van der Waals surface area contributed by atoms with Gasteiger partial charge in [-0.2, -0.15) is 0 Å². The van der Waals surface area contributed by atoms with Crippen LogP contribution >= 0.6 is 11.6 Å². The first-order valence-electron chi connectivity index (χ1n) is 8.70. The highest BCUT2D eigenvalue weighted by Gasteiger charge is 2.27. The van der Waals surface area contributed by atoms with Crippen LogP contribution in [0.4, 0.5) is 5.69 Å². The number of nitro groups is 1. The minimum Gasteiger partial charge on any atom is -0.361 e. The molecule has 3 rings (SSSR count). The molecule has 1 aliphatic rings. The van der Waals surface area contributed by atoms with Gasteiger partial charge in [-0.15, -0.1) is 0 Å². The van der Waals surface area contributed by atoms with Crippen molar-refractivity contribution in [2.75, 3.05) is 26.2 Å². The topological polar surface area (TPSA) is 110 Å². The molecule has 0 saturated carbocycles. The summed E-state index contributed by atoms with van der Waals surface area (Å²) in [7, 11) is 0. The Morgan fingerprint density at radius 2 is 1.86 bits per heavy atom. The maximum atomic E-state index is 12.7. The monoisotopic (exact) mass is 406 g/mol. The van der Waals surface area contributed by atoms with Gasteiger partial charge in [-0.05, 0) is 19.9 Å². The number of halogens is 1. The molecule has 1 fully saturated rings. The van der Waals surface area contributed by atoms with E-state index in [0.29, 0.717) is 37.6 Å². The van der Waals surface area contributed by atoms with Gasteiger partial charge in [0.2, 0.25) is 5.91 Å². The highest BCUT2D eigenvalue weighted by atomic mass is 35.5. The van der Waals surface area contributed by atoms with Crippen molar-refractivity contribution >= 4 is 29.1 Å². The number of aromatic nitrogens is 1. The van der Waals surface area contributed by atoms with Crippen molar-refractivity contribution in [2.24, 2.45) is 0 Å². The molecule has 0 unspecified atom stereocenters. The summed E-state index contributed by atoms with van der Waals surface area (Å²) in [6.07, 6.45) is 0.200. The molecule has 1 saturated heterocycles. The standard InChI is InChI=1S/C18H19ClN4O5/c1-11-14(12(2)28-20-11)10-17(24)21-5-7-22(8-6-21)18(25)15-9-13(23(26)27)3-4-16(15)19/h3-4,9H,5-8,10H2,1-2H3. The molecule has 0 N–H and O–H groups in total. The SMILES string of the molecule is Cc1noc(C)c1CC(=O)N1CCN(C(=O)c2cc([N+](=O)[O-])ccc2Cl)CC1. The van der Waals surface area contributed by atoms with Crippen molar-refractivity contribution in [3.8, 4) is 0 Å². The summed E-state index contributed by atoms with van der Waals surface area (Å²) < 4.78 is 5.08. The van der Waals surface area contributed by atoms with Crippen LogP contribution in [0.3, 0.4) is 0 Å². The fourth-order valence-corrected chi connectivity index (χ4v) is 3.34. The molecule has 0 atom stereocenters. The largest absolute Gasteiger partial charge is 0.361 e. The van der Waals surface area contributed by atoms with Crippen LogP contribution in [0.15, 0.2) is 22.7 Å². The van der Waals surface area contributed by atoms with Gasteiger partial charge in [0.1, 0.15) is 5.76 Å². The number of carbonyl (C=O) groups is 2. The lowest BCUT2D eigenvalue weighted by Crippen LogP contribution is -2.51. The number of amides is 2. The third kappa shape index (κ3) is 3.99. The average molecular weight is 407 g/mol. The summed E-state index contributed by atoms with van der Waals surface area (Å²) in [5, 5.41) is 15.0. The van der Waals surface area contributed by atoms with Gasteiger partial charge in [0.25, 0.3) is 11.6 Å². The van der Waals surface area contributed by atoms with Crippen molar-refractivity contribution in [1.82, 2.24) is 15.0 Å². The summed E-state index contributed by atoms with van der Waals surface area (Å²) in [6.45, 7) is 4.96. The maximum absolute atomic E-state index is 12.7. The predicted octanol–water partition coefficient (Wildman–Crippen LogP) is 2.38. The van der Waals surface area contributed by atoms with Gasteiger partial charge in [0, 0.05) is 43.9 Å². The Morgan fingerprint density at radius 3 is 2.43 bits per heavy atom. The van der Waals surface area contributed by atoms with Crippen LogP contribution < -0.4 is 0 Å². The first-order valence-corrected chi connectivity index (χ1v) is 9.08. The number of hydrogen-bond donors (Lipinski definition) is 0. The molecule has 10 heteroatoms. The Balaban J connectivity index is 1.64. The highest BCUT2D eigenvalue weighted by Crippen LogP contribution is 2.24. The number of benzene rings is 1. The lowest BCUT2D eigenvalue weighted by molar-refractivity contribution is -0.384. The number of hydrogen-bond acceptors (Lipinski definition) is 6. The van der Waals surface area contributed by atoms with Crippen LogP contribution in [0.5, 0.6) is 0 Å². The summed E-state index contributed by atoms with van der Waals surface area (Å²) in [4.78, 5) is 38.9. The van der Waals surface area contributed by atoms with E-state index in [1.165, 1.54) is 18.2 Å². The third-order valence-electron chi connectivity index (χ3n) is 4.82. The second-order valence-electron chi connectivity index (χ2n) is 6.57. The molecule has 0 radical (unpaired) electrons. The molecule has 0 bridgehead atoms. The fourth-order valence-electron chi connectivity index (χ4n) is 3.14. The van der Waals surface area contributed by atoms with Crippen molar-refractivity contribution in [3.63, 3.8) is 0 Å². The van der Waals surface area contributed by atoms with E-state index in [4.69, 9.17) is 16.1 Å². The lowest BCUT2D eigenvalue weighted by Gasteiger charge is -2.35. The van der Waals surface area contributed by atoms with E-state index in [1.54, 1.807) is 23.6 Å². The van der Waals surface area contributed by atoms with E-state index >= 15 is 0 Å². The molecule has 0 aliphatic carbocycles. The van der Waals surface area contributed by atoms with Gasteiger partial charge >= 0.3 is 0 Å². The second-order valence-corrected chi connectivity index (χ2v) is 6.98. The lowest BCUT2D eigenvalue weighted by atomic mass is 10.1. The fraction of sp³-hybridized carbons (Fsp3) is 0.389. The quantitative estimate of drug-likeness (QED) is 0.569. The Labute approximate surface area is 166 Å². The van der Waals surface area contributed by atoms with Crippen molar-refractivity contribution in [2.45, 2.75) is 20.3 Å².